The number of hydrogen-bond acceptors (Lipinski definition) is 3. The zero-order chi connectivity index (χ0) is 10.0. The molecule has 0 aliphatic carbocycles. The van der Waals surface area contributed by atoms with Crippen LogP contribution in [0.4, 0.5) is 0 Å². The van der Waals surface area contributed by atoms with Crippen molar-refractivity contribution in [2.75, 3.05) is 6.61 Å². The predicted molar refractivity (Wildman–Crippen MR) is 46.5 cm³/mol. The summed E-state index contributed by atoms with van der Waals surface area (Å²) >= 11 is 0. The monoisotopic (exact) mass is 184 g/mol. The first kappa shape index (κ1) is 9.80. The Morgan fingerprint density at radius 3 is 2.62 bits per heavy atom. The fourth-order valence-electron chi connectivity index (χ4n) is 1.21. The van der Waals surface area contributed by atoms with E-state index in [0.29, 0.717) is 5.69 Å². The molecule has 72 valence electrons. The normalized spacial score (nSPS) is 12.8. The number of rotatable bonds is 2. The van der Waals surface area contributed by atoms with Crippen LogP contribution in [-0.2, 0) is 0 Å². The molecule has 1 aromatic heterocycles. The van der Waals surface area contributed by atoms with E-state index >= 15 is 0 Å². The molecule has 4 heteroatoms. The van der Waals surface area contributed by atoms with E-state index in [0.717, 1.165) is 0 Å². The zero-order valence-corrected chi connectivity index (χ0v) is 7.73. The summed E-state index contributed by atoms with van der Waals surface area (Å²) in [5.74, 6) is -0.276. The number of aromatic nitrogens is 1. The van der Waals surface area contributed by atoms with Gasteiger partial charge >= 0.3 is 0 Å². The maximum absolute atomic E-state index is 9.38. The van der Waals surface area contributed by atoms with Gasteiger partial charge in [-0.15, -0.1) is 0 Å². The number of aliphatic hydroxyl groups is 1. The summed E-state index contributed by atoms with van der Waals surface area (Å²) in [7, 11) is 0. The van der Waals surface area contributed by atoms with Gasteiger partial charge in [0.15, 0.2) is 18.0 Å². The minimum Gasteiger partial charge on any atom is -0.504 e. The lowest BCUT2D eigenvalue weighted by Gasteiger charge is -2.07. The molecule has 4 nitrogen and oxygen atoms in total. The first-order chi connectivity index (χ1) is 6.07. The van der Waals surface area contributed by atoms with Gasteiger partial charge < -0.3 is 15.3 Å². The average molecular weight is 184 g/mol. The maximum atomic E-state index is 9.38. The molecule has 0 saturated carbocycles. The van der Waals surface area contributed by atoms with Gasteiger partial charge in [0.05, 0.1) is 0 Å². The molecule has 0 saturated heterocycles. The molecule has 0 bridgehead atoms. The molecular weight excluding hydrogens is 170 g/mol. The van der Waals surface area contributed by atoms with Crippen LogP contribution in [0, 0.1) is 6.92 Å². The molecule has 0 spiro atoms. The zero-order valence-electron chi connectivity index (χ0n) is 7.73. The number of aromatic hydroxyl groups is 2. The molecule has 0 amide bonds. The molecule has 0 fully saturated rings. The molecular formula is C9H14NO3+. The van der Waals surface area contributed by atoms with E-state index in [1.54, 1.807) is 17.7 Å². The predicted octanol–water partition coefficient (Wildman–Crippen LogP) is 0.247. The summed E-state index contributed by atoms with van der Waals surface area (Å²) in [5, 5.41) is 27.4. The van der Waals surface area contributed by atoms with Crippen molar-refractivity contribution in [2.24, 2.45) is 0 Å². The summed E-state index contributed by atoms with van der Waals surface area (Å²) < 4.78 is 1.70. The smallest absolute Gasteiger partial charge is 0.226 e. The van der Waals surface area contributed by atoms with E-state index in [4.69, 9.17) is 10.2 Å². The molecule has 3 N–H and O–H groups in total. The summed E-state index contributed by atoms with van der Waals surface area (Å²) in [6.07, 6.45) is 1.63. The standard InChI is InChI=1S/C9H13NO3/c1-6(5-11)10-4-3-8(12)9(13)7(10)2/h3-4,6,11,13H,5H2,1-2H3/p+1/t6-/m0/s1. The van der Waals surface area contributed by atoms with Crippen molar-refractivity contribution < 1.29 is 19.9 Å². The lowest BCUT2D eigenvalue weighted by Crippen LogP contribution is -2.42. The number of pyridine rings is 1. The summed E-state index contributed by atoms with van der Waals surface area (Å²) in [5.41, 5.74) is 0.543. The second-order valence-corrected chi connectivity index (χ2v) is 3.07. The Labute approximate surface area is 76.7 Å². The molecule has 13 heavy (non-hydrogen) atoms. The first-order valence-electron chi connectivity index (χ1n) is 4.11. The van der Waals surface area contributed by atoms with E-state index in [2.05, 4.69) is 0 Å². The fraction of sp³-hybridized carbons (Fsp3) is 0.444. The topological polar surface area (TPSA) is 64.6 Å². The van der Waals surface area contributed by atoms with E-state index in [1.165, 1.54) is 6.07 Å². The summed E-state index contributed by atoms with van der Waals surface area (Å²) in [6.45, 7) is 3.50. The van der Waals surface area contributed by atoms with Gasteiger partial charge in [0.25, 0.3) is 0 Å². The van der Waals surface area contributed by atoms with Crippen molar-refractivity contribution in [3.8, 4) is 11.5 Å². The second kappa shape index (κ2) is 3.62. The van der Waals surface area contributed by atoms with Crippen molar-refractivity contribution in [3.63, 3.8) is 0 Å². The van der Waals surface area contributed by atoms with Gasteiger partial charge in [-0.05, 0) is 0 Å². The molecule has 0 aliphatic rings. The van der Waals surface area contributed by atoms with Gasteiger partial charge in [-0.25, -0.2) is 0 Å². The minimum absolute atomic E-state index is 0.00424. The Morgan fingerprint density at radius 1 is 1.46 bits per heavy atom. The molecule has 1 atom stereocenters. The number of nitrogens with zero attached hydrogens (tertiary/aromatic N) is 1. The van der Waals surface area contributed by atoms with Crippen LogP contribution in [0.1, 0.15) is 18.7 Å². The summed E-state index contributed by atoms with van der Waals surface area (Å²) in [6, 6.07) is 1.29. The molecule has 1 aromatic rings. The van der Waals surface area contributed by atoms with E-state index in [9.17, 15) is 5.11 Å². The molecule has 1 rings (SSSR count). The van der Waals surface area contributed by atoms with Gasteiger partial charge in [0.2, 0.25) is 11.4 Å². The minimum atomic E-state index is -0.140. The third-order valence-corrected chi connectivity index (χ3v) is 2.10. The number of aliphatic hydroxyl groups excluding tert-OH is 1. The van der Waals surface area contributed by atoms with Crippen LogP contribution in [0.25, 0.3) is 0 Å². The van der Waals surface area contributed by atoms with Crippen LogP contribution >= 0.6 is 0 Å². The first-order valence-corrected chi connectivity index (χ1v) is 4.11. The van der Waals surface area contributed by atoms with Crippen LogP contribution in [-0.4, -0.2) is 21.9 Å². The van der Waals surface area contributed by atoms with Crippen LogP contribution in [0.3, 0.4) is 0 Å². The van der Waals surface area contributed by atoms with E-state index in [1.807, 2.05) is 6.92 Å². The Hall–Kier alpha value is -1.29. The fourth-order valence-corrected chi connectivity index (χ4v) is 1.21. The molecule has 0 unspecified atom stereocenters. The lowest BCUT2D eigenvalue weighted by atomic mass is 10.2. The van der Waals surface area contributed by atoms with Crippen LogP contribution in [0.5, 0.6) is 11.5 Å². The Morgan fingerprint density at radius 2 is 2.08 bits per heavy atom. The highest BCUT2D eigenvalue weighted by Gasteiger charge is 2.19. The highest BCUT2D eigenvalue weighted by Crippen LogP contribution is 2.25. The molecule has 0 aromatic carbocycles. The second-order valence-electron chi connectivity index (χ2n) is 3.07. The molecule has 1 heterocycles. The largest absolute Gasteiger partial charge is 0.504 e. The molecule has 0 radical (unpaired) electrons. The number of hydrogen-bond donors (Lipinski definition) is 3. The SMILES string of the molecule is Cc1c(O)c(O)cc[n+]1[C@@H](C)CO. The van der Waals surface area contributed by atoms with Crippen molar-refractivity contribution >= 4 is 0 Å². The lowest BCUT2D eigenvalue weighted by molar-refractivity contribution is -0.727. The highest BCUT2D eigenvalue weighted by atomic mass is 16.3. The molecule has 0 aliphatic heterocycles. The quantitative estimate of drug-likeness (QED) is 0.577. The van der Waals surface area contributed by atoms with Gasteiger partial charge in [0.1, 0.15) is 6.61 Å². The third-order valence-electron chi connectivity index (χ3n) is 2.10. The van der Waals surface area contributed by atoms with Gasteiger partial charge in [-0.1, -0.05) is 0 Å². The summed E-state index contributed by atoms with van der Waals surface area (Å²) in [4.78, 5) is 0. The highest BCUT2D eigenvalue weighted by molar-refractivity contribution is 5.36. The maximum Gasteiger partial charge on any atom is 0.226 e. The Bertz CT molecular complexity index is 312. The van der Waals surface area contributed by atoms with Crippen molar-refractivity contribution in [3.05, 3.63) is 18.0 Å². The van der Waals surface area contributed by atoms with Crippen LogP contribution < -0.4 is 4.57 Å². The Balaban J connectivity index is 3.18. The van der Waals surface area contributed by atoms with Crippen LogP contribution in [0.2, 0.25) is 0 Å². The van der Waals surface area contributed by atoms with Crippen molar-refractivity contribution in [1.82, 2.24) is 0 Å². The van der Waals surface area contributed by atoms with Gasteiger partial charge in [0, 0.05) is 19.9 Å². The van der Waals surface area contributed by atoms with E-state index in [-0.39, 0.29) is 24.1 Å². The van der Waals surface area contributed by atoms with Crippen molar-refractivity contribution in [1.29, 1.82) is 0 Å². The van der Waals surface area contributed by atoms with E-state index < -0.39 is 0 Å². The van der Waals surface area contributed by atoms with Gasteiger partial charge in [-0.2, -0.15) is 4.57 Å². The van der Waals surface area contributed by atoms with Crippen LogP contribution in [0.15, 0.2) is 12.3 Å². The Kier molecular flexibility index (Phi) is 2.72. The van der Waals surface area contributed by atoms with Gasteiger partial charge in [-0.3, -0.25) is 0 Å². The average Bonchev–Trinajstić information content (AvgIpc) is 2.13. The third kappa shape index (κ3) is 1.72. The van der Waals surface area contributed by atoms with Crippen molar-refractivity contribution in [2.45, 2.75) is 19.9 Å².